The van der Waals surface area contributed by atoms with Gasteiger partial charge in [0.15, 0.2) is 11.0 Å². The van der Waals surface area contributed by atoms with E-state index in [1.807, 2.05) is 23.7 Å². The molecular formula is C17H18N6O3S2. The van der Waals surface area contributed by atoms with Gasteiger partial charge in [-0.05, 0) is 43.3 Å². The van der Waals surface area contributed by atoms with Crippen molar-refractivity contribution in [3.05, 3.63) is 48.8 Å². The van der Waals surface area contributed by atoms with Gasteiger partial charge in [-0.15, -0.1) is 10.2 Å². The first-order valence-corrected chi connectivity index (χ1v) is 10.6. The third-order valence-corrected chi connectivity index (χ3v) is 5.94. The first-order valence-electron chi connectivity index (χ1n) is 8.16. The Labute approximate surface area is 166 Å². The number of carbonyl (C=O) groups excluding carboxylic acids is 1. The summed E-state index contributed by atoms with van der Waals surface area (Å²) in [5.74, 6) is 0.429. The summed E-state index contributed by atoms with van der Waals surface area (Å²) in [7, 11) is -1.94. The lowest BCUT2D eigenvalue weighted by Gasteiger charge is -2.12. The largest absolute Gasteiger partial charge is 0.325 e. The molecule has 2 heterocycles. The lowest BCUT2D eigenvalue weighted by Crippen LogP contribution is -2.23. The number of aromatic nitrogens is 4. The second kappa shape index (κ2) is 8.09. The maximum atomic E-state index is 12.4. The third kappa shape index (κ3) is 4.55. The van der Waals surface area contributed by atoms with Crippen LogP contribution in [-0.4, -0.2) is 39.3 Å². The molecule has 0 spiro atoms. The molecule has 146 valence electrons. The SMILES string of the molecule is C[C@@H](Sc1nnc(-c2ccncc2)n1C)C(=O)Nc1ccc(S(N)(=O)=O)cc1. The fourth-order valence-corrected chi connectivity index (χ4v) is 3.68. The number of nitrogens with two attached hydrogens (primary N) is 1. The number of carbonyl (C=O) groups is 1. The van der Waals surface area contributed by atoms with Crippen molar-refractivity contribution < 1.29 is 13.2 Å². The van der Waals surface area contributed by atoms with Crippen LogP contribution in [0.1, 0.15) is 6.92 Å². The van der Waals surface area contributed by atoms with Gasteiger partial charge in [-0.2, -0.15) is 0 Å². The number of primary sulfonamides is 1. The van der Waals surface area contributed by atoms with Gasteiger partial charge in [-0.25, -0.2) is 13.6 Å². The van der Waals surface area contributed by atoms with Crippen molar-refractivity contribution in [2.24, 2.45) is 12.2 Å². The maximum absolute atomic E-state index is 12.4. The number of rotatable bonds is 6. The van der Waals surface area contributed by atoms with Gasteiger partial charge >= 0.3 is 0 Å². The molecule has 2 aromatic heterocycles. The summed E-state index contributed by atoms with van der Waals surface area (Å²) in [6.07, 6.45) is 3.35. The Bertz CT molecular complexity index is 1080. The molecule has 3 N–H and O–H groups in total. The van der Waals surface area contributed by atoms with E-state index in [0.29, 0.717) is 16.7 Å². The first-order chi connectivity index (χ1) is 13.3. The van der Waals surface area contributed by atoms with Gasteiger partial charge in [0.05, 0.1) is 10.1 Å². The standard InChI is InChI=1S/C17H18N6O3S2/c1-11(16(24)20-13-3-5-14(6-4-13)28(18,25)26)27-17-22-21-15(23(17)2)12-7-9-19-10-8-12/h3-11H,1-2H3,(H,20,24)(H2,18,25,26)/t11-/m1/s1. The summed E-state index contributed by atoms with van der Waals surface area (Å²) in [6.45, 7) is 1.75. The fourth-order valence-electron chi connectivity index (χ4n) is 2.35. The van der Waals surface area contributed by atoms with Gasteiger partial charge in [0.1, 0.15) is 0 Å². The summed E-state index contributed by atoms with van der Waals surface area (Å²) in [6, 6.07) is 9.32. The molecule has 1 amide bonds. The molecular weight excluding hydrogens is 400 g/mol. The molecule has 3 rings (SSSR count). The average Bonchev–Trinajstić information content (AvgIpc) is 3.02. The molecule has 0 bridgehead atoms. The van der Waals surface area contributed by atoms with E-state index in [1.54, 1.807) is 19.3 Å². The predicted molar refractivity (Wildman–Crippen MR) is 106 cm³/mol. The molecule has 0 radical (unpaired) electrons. The van der Waals surface area contributed by atoms with E-state index in [-0.39, 0.29) is 10.8 Å². The zero-order valence-corrected chi connectivity index (χ0v) is 16.7. The Morgan fingerprint density at radius 2 is 1.79 bits per heavy atom. The summed E-state index contributed by atoms with van der Waals surface area (Å²) < 4.78 is 24.4. The Kier molecular flexibility index (Phi) is 5.77. The van der Waals surface area contributed by atoms with Gasteiger partial charge in [0, 0.05) is 30.7 Å². The normalized spacial score (nSPS) is 12.5. The fraction of sp³-hybridized carbons (Fsp3) is 0.176. The number of benzene rings is 1. The van der Waals surface area contributed by atoms with Crippen LogP contribution in [0.25, 0.3) is 11.4 Å². The highest BCUT2D eigenvalue weighted by atomic mass is 32.2. The molecule has 0 aliphatic carbocycles. The number of anilines is 1. The van der Waals surface area contributed by atoms with E-state index in [0.717, 1.165) is 5.56 Å². The monoisotopic (exact) mass is 418 g/mol. The molecule has 0 fully saturated rings. The highest BCUT2D eigenvalue weighted by Gasteiger charge is 2.19. The number of nitrogens with zero attached hydrogens (tertiary/aromatic N) is 4. The van der Waals surface area contributed by atoms with Crippen molar-refractivity contribution in [2.45, 2.75) is 22.2 Å². The van der Waals surface area contributed by atoms with Gasteiger partial charge in [-0.1, -0.05) is 11.8 Å². The van der Waals surface area contributed by atoms with Crippen LogP contribution in [-0.2, 0) is 21.9 Å². The van der Waals surface area contributed by atoms with Crippen LogP contribution >= 0.6 is 11.8 Å². The second-order valence-electron chi connectivity index (χ2n) is 5.92. The average molecular weight is 419 g/mol. The molecule has 28 heavy (non-hydrogen) atoms. The van der Waals surface area contributed by atoms with Crippen LogP contribution < -0.4 is 10.5 Å². The topological polar surface area (TPSA) is 133 Å². The summed E-state index contributed by atoms with van der Waals surface area (Å²) in [5.41, 5.74) is 1.35. The highest BCUT2D eigenvalue weighted by Crippen LogP contribution is 2.26. The quantitative estimate of drug-likeness (QED) is 0.581. The maximum Gasteiger partial charge on any atom is 0.238 e. The number of pyridine rings is 1. The molecule has 0 saturated heterocycles. The van der Waals surface area contributed by atoms with Crippen LogP contribution in [0, 0.1) is 0 Å². The van der Waals surface area contributed by atoms with E-state index in [4.69, 9.17) is 5.14 Å². The van der Waals surface area contributed by atoms with Crippen LogP contribution in [0.4, 0.5) is 5.69 Å². The molecule has 0 aliphatic heterocycles. The third-order valence-electron chi connectivity index (χ3n) is 3.88. The number of hydrogen-bond donors (Lipinski definition) is 2. The number of thioether (sulfide) groups is 1. The minimum Gasteiger partial charge on any atom is -0.325 e. The highest BCUT2D eigenvalue weighted by molar-refractivity contribution is 8.00. The van der Waals surface area contributed by atoms with Gasteiger partial charge in [0.25, 0.3) is 0 Å². The minimum atomic E-state index is -3.77. The minimum absolute atomic E-state index is 0.0179. The second-order valence-corrected chi connectivity index (χ2v) is 8.79. The van der Waals surface area contributed by atoms with E-state index in [9.17, 15) is 13.2 Å². The summed E-state index contributed by atoms with van der Waals surface area (Å²) in [4.78, 5) is 16.4. The smallest absolute Gasteiger partial charge is 0.238 e. The van der Waals surface area contributed by atoms with Crippen molar-refractivity contribution in [3.63, 3.8) is 0 Å². The van der Waals surface area contributed by atoms with E-state index in [2.05, 4.69) is 20.5 Å². The summed E-state index contributed by atoms with van der Waals surface area (Å²) >= 11 is 1.27. The van der Waals surface area contributed by atoms with Crippen molar-refractivity contribution in [1.82, 2.24) is 19.7 Å². The van der Waals surface area contributed by atoms with Crippen molar-refractivity contribution in [1.29, 1.82) is 0 Å². The lowest BCUT2D eigenvalue weighted by atomic mass is 10.2. The van der Waals surface area contributed by atoms with Gasteiger partial charge in [-0.3, -0.25) is 9.78 Å². The molecule has 3 aromatic rings. The van der Waals surface area contributed by atoms with Crippen LogP contribution in [0.2, 0.25) is 0 Å². The zero-order chi connectivity index (χ0) is 20.3. The number of sulfonamides is 1. The van der Waals surface area contributed by atoms with Gasteiger partial charge in [0.2, 0.25) is 15.9 Å². The van der Waals surface area contributed by atoms with Crippen molar-refractivity contribution in [3.8, 4) is 11.4 Å². The van der Waals surface area contributed by atoms with E-state index < -0.39 is 15.3 Å². The molecule has 9 nitrogen and oxygen atoms in total. The summed E-state index contributed by atoms with van der Waals surface area (Å²) in [5, 5.41) is 16.3. The Balaban J connectivity index is 1.67. The zero-order valence-electron chi connectivity index (χ0n) is 15.1. The van der Waals surface area contributed by atoms with Crippen molar-refractivity contribution >= 4 is 33.4 Å². The predicted octanol–water partition coefficient (Wildman–Crippen LogP) is 1.64. The molecule has 1 atom stereocenters. The van der Waals surface area contributed by atoms with Crippen LogP contribution in [0.15, 0.2) is 58.8 Å². The number of amides is 1. The Hall–Kier alpha value is -2.76. The Morgan fingerprint density at radius 1 is 1.14 bits per heavy atom. The van der Waals surface area contributed by atoms with Crippen molar-refractivity contribution in [2.75, 3.05) is 5.32 Å². The van der Waals surface area contributed by atoms with Crippen LogP contribution in [0.5, 0.6) is 0 Å². The number of hydrogen-bond acceptors (Lipinski definition) is 7. The van der Waals surface area contributed by atoms with E-state index in [1.165, 1.54) is 36.0 Å². The molecule has 0 aliphatic rings. The molecule has 0 saturated carbocycles. The first kappa shape index (κ1) is 20.0. The van der Waals surface area contributed by atoms with E-state index >= 15 is 0 Å². The molecule has 11 heteroatoms. The molecule has 1 aromatic carbocycles. The Morgan fingerprint density at radius 3 is 2.39 bits per heavy atom. The number of nitrogens with one attached hydrogen (secondary N) is 1. The van der Waals surface area contributed by atoms with Gasteiger partial charge < -0.3 is 9.88 Å². The van der Waals surface area contributed by atoms with Crippen LogP contribution in [0.3, 0.4) is 0 Å². The molecule has 0 unspecified atom stereocenters. The lowest BCUT2D eigenvalue weighted by molar-refractivity contribution is -0.115.